The number of nitrogen functional groups attached to an aromatic ring is 1. The van der Waals surface area contributed by atoms with Crippen molar-refractivity contribution in [3.8, 4) is 5.82 Å². The van der Waals surface area contributed by atoms with E-state index >= 15 is 0 Å². The van der Waals surface area contributed by atoms with Crippen molar-refractivity contribution in [2.24, 2.45) is 0 Å². The molecular weight excluding hydrogens is 1320 g/mol. The van der Waals surface area contributed by atoms with Gasteiger partial charge in [0.1, 0.15) is 11.5 Å². The van der Waals surface area contributed by atoms with Gasteiger partial charge in [-0.2, -0.15) is 51.6 Å². The summed E-state index contributed by atoms with van der Waals surface area (Å²) in [6.45, 7) is 11.6. The maximum Gasteiger partial charge on any atom is 0.417 e. The Morgan fingerprint density at radius 2 is 0.965 bits per heavy atom. The average Bonchev–Trinajstić information content (AvgIpc) is 2.53. The van der Waals surface area contributed by atoms with Gasteiger partial charge in [0.05, 0.1) is 58.7 Å². The molecule has 37 heteroatoms. The molecule has 0 aliphatic rings. The molecule has 9 rings (SSSR count). The maximum atomic E-state index is 12.8. The Balaban J connectivity index is 0.000000284. The van der Waals surface area contributed by atoms with Crippen molar-refractivity contribution in [1.29, 1.82) is 0 Å². The van der Waals surface area contributed by atoms with Crippen molar-refractivity contribution in [1.82, 2.24) is 49.4 Å². The fourth-order valence-electron chi connectivity index (χ4n) is 6.46. The average molecular weight is 1370 g/mol. The second-order valence-corrected chi connectivity index (χ2v) is 25.9. The number of rotatable bonds is 8. The number of nitrogens with zero attached hydrogens (tertiary/aromatic N) is 7. The van der Waals surface area contributed by atoms with Crippen molar-refractivity contribution < 1.29 is 64.6 Å². The van der Waals surface area contributed by atoms with Crippen molar-refractivity contribution in [2.45, 2.75) is 69.0 Å². The molecule has 0 radical (unpaired) electrons. The number of nitrogens with one attached hydrogen (secondary N) is 5. The molecule has 6 aromatic heterocycles. The first-order valence-corrected chi connectivity index (χ1v) is 31.5. The minimum atomic E-state index is -4.62. The number of aromatic amines is 3. The molecule has 3 aromatic carbocycles. The highest BCUT2D eigenvalue weighted by atomic mass is 35.7. The predicted molar refractivity (Wildman–Crippen MR) is 311 cm³/mol. The summed E-state index contributed by atoms with van der Waals surface area (Å²) in [7, 11) is -6.52. The van der Waals surface area contributed by atoms with Crippen LogP contribution in [0.25, 0.3) is 5.82 Å². The third-order valence-corrected chi connectivity index (χ3v) is 14.4. The number of imidazole rings is 4. The van der Waals surface area contributed by atoms with E-state index in [1.807, 2.05) is 65.8 Å². The molecule has 0 spiro atoms. The molecule has 0 amide bonds. The van der Waals surface area contributed by atoms with E-state index in [1.54, 1.807) is 43.0 Å². The second kappa shape index (κ2) is 31.4. The molecule has 460 valence electrons. The van der Waals surface area contributed by atoms with Crippen LogP contribution in [-0.2, 0) is 50.8 Å². The van der Waals surface area contributed by atoms with Gasteiger partial charge in [0, 0.05) is 63.2 Å². The number of sulfonamides is 2. The van der Waals surface area contributed by atoms with Crippen LogP contribution in [0.4, 0.5) is 43.4 Å². The topological polar surface area (TPSA) is 337 Å². The van der Waals surface area contributed by atoms with Gasteiger partial charge in [0.25, 0.3) is 29.1 Å². The summed E-state index contributed by atoms with van der Waals surface area (Å²) in [6.07, 6.45) is 4.39. The molecule has 0 atom stereocenters. The summed E-state index contributed by atoms with van der Waals surface area (Å²) < 4.78 is 176. The van der Waals surface area contributed by atoms with Gasteiger partial charge in [0.2, 0.25) is 0 Å². The quantitative estimate of drug-likeness (QED) is 0.0244. The lowest BCUT2D eigenvalue weighted by molar-refractivity contribution is -0.138. The first-order valence-electron chi connectivity index (χ1n) is 22.9. The Labute approximate surface area is 507 Å². The van der Waals surface area contributed by atoms with Crippen LogP contribution in [0.5, 0.6) is 0 Å². The zero-order valence-corrected chi connectivity index (χ0v) is 51.5. The Morgan fingerprint density at radius 3 is 1.31 bits per heavy atom. The number of H-pyrrole nitrogens is 3. The number of hydrogen-bond donors (Lipinski definition) is 7. The molecule has 9 aromatic rings. The van der Waals surface area contributed by atoms with E-state index in [4.69, 9.17) is 64.2 Å². The number of aryl methyl sites for hydroxylation is 6. The Morgan fingerprint density at radius 1 is 0.541 bits per heavy atom. The largest absolute Gasteiger partial charge is 0.417 e. The van der Waals surface area contributed by atoms with Crippen molar-refractivity contribution >= 4 is 112 Å². The van der Waals surface area contributed by atoms with E-state index in [2.05, 4.69) is 71.0 Å². The highest BCUT2D eigenvalue weighted by molar-refractivity contribution is 8.13. The molecule has 85 heavy (non-hydrogen) atoms. The summed E-state index contributed by atoms with van der Waals surface area (Å²) in [5.74, 6) is -0.187. The number of aromatic nitrogens is 10. The predicted octanol–water partition coefficient (Wildman–Crippen LogP) is 12.3. The van der Waals surface area contributed by atoms with E-state index in [0.29, 0.717) is 29.8 Å². The van der Waals surface area contributed by atoms with Crippen LogP contribution in [0.2, 0.25) is 15.2 Å². The Bertz CT molecular complexity index is 3960. The van der Waals surface area contributed by atoms with Gasteiger partial charge in [-0.3, -0.25) is 18.6 Å². The number of nitrogens with two attached hydrogens (primary N) is 1. The lowest BCUT2D eigenvalue weighted by atomic mass is 10.1. The highest BCUT2D eigenvalue weighted by Crippen LogP contribution is 2.34. The molecule has 8 N–H and O–H groups in total. The molecule has 0 unspecified atom stereocenters. The number of hydrogen-bond acceptors (Lipinski definition) is 15. The molecule has 0 saturated heterocycles. The van der Waals surface area contributed by atoms with Crippen LogP contribution in [0.15, 0.2) is 150 Å². The third-order valence-electron chi connectivity index (χ3n) is 9.48. The first kappa shape index (κ1) is 72.2. The van der Waals surface area contributed by atoms with Gasteiger partial charge in [0.15, 0.2) is 20.9 Å². The smallest absolute Gasteiger partial charge is 0.399 e. The molecule has 0 saturated carbocycles. The van der Waals surface area contributed by atoms with Crippen LogP contribution >= 0.6 is 56.2 Å². The third kappa shape index (κ3) is 26.4. The second-order valence-electron chi connectivity index (χ2n) is 17.0. The Kier molecular flexibility index (Phi) is 26.7. The minimum Gasteiger partial charge on any atom is -0.399 e. The summed E-state index contributed by atoms with van der Waals surface area (Å²) in [6, 6.07) is 18.2. The van der Waals surface area contributed by atoms with Crippen molar-refractivity contribution in [2.75, 3.05) is 15.2 Å². The maximum absolute atomic E-state index is 12.8. The van der Waals surface area contributed by atoms with Crippen LogP contribution in [0.3, 0.4) is 0 Å². The molecule has 0 fully saturated rings. The molecular formula is C48H48Cl5F6N13O9S4. The molecule has 6 heterocycles. The van der Waals surface area contributed by atoms with E-state index in [-0.39, 0.29) is 36.1 Å². The fourth-order valence-corrected chi connectivity index (χ4v) is 9.69. The normalized spacial score (nSPS) is 11.4. The summed E-state index contributed by atoms with van der Waals surface area (Å²) in [5, 5.41) is -1.05. The van der Waals surface area contributed by atoms with E-state index in [0.717, 1.165) is 57.3 Å². The molecule has 22 nitrogen and oxygen atoms in total. The first-order chi connectivity index (χ1) is 39.1. The summed E-state index contributed by atoms with van der Waals surface area (Å²) >= 11 is 16.6. The zero-order chi connectivity index (χ0) is 64.3. The van der Waals surface area contributed by atoms with Crippen molar-refractivity contribution in [3.05, 3.63) is 195 Å². The van der Waals surface area contributed by atoms with Crippen LogP contribution in [0, 0.1) is 41.5 Å². The number of benzene rings is 3. The fraction of sp³-hybridized carbons (Fsp3) is 0.167. The van der Waals surface area contributed by atoms with Gasteiger partial charge in [-0.25, -0.2) is 38.3 Å². The number of halogens is 11. The lowest BCUT2D eigenvalue weighted by Crippen LogP contribution is -2.17. The van der Waals surface area contributed by atoms with Gasteiger partial charge < -0.3 is 20.7 Å². The van der Waals surface area contributed by atoms with Gasteiger partial charge in [-0.05, 0) is 123 Å². The minimum absolute atomic E-state index is 0.0525. The van der Waals surface area contributed by atoms with Crippen LogP contribution in [0.1, 0.15) is 44.5 Å². The standard InChI is InChI=1S/C17H14ClF3N4O2S.C11H13N3O2S.C8H11N.C6H2Cl2F3N.C3H3ClN2O2S.C3H4N2.ClHO3S/c1-10-3-11(2)5-13(4-10)24-28(26,27)15-8-22-9-25(15)16-14(18)6-12(7-23-16)17(19,20)21;1-8-3-9(2)5-10(4-8)14-17(15,16)11-6-12-7-13-11;1-6-3-7(2)5-8(9)4-6;7-4-1-3(6(9,10)11)2-12-5(4)8;4-9(7,8)3-1-5-2-6-3;1-2-5-3-4-1;1-5(2,3)4/h3-9,24H,1-2H3;3-7,14H,1-2H3,(H,12,13);3-5H,9H2,1-2H3;1-2H;1-2H,(H,5,6);1-3H,(H,4,5);(H,2,3,4). The number of alkyl halides is 6. The van der Waals surface area contributed by atoms with E-state index in [1.165, 1.54) is 30.0 Å². The molecule has 0 bridgehead atoms. The van der Waals surface area contributed by atoms with E-state index in [9.17, 15) is 51.6 Å². The monoisotopic (exact) mass is 1370 g/mol. The Hall–Kier alpha value is -7.01. The zero-order valence-electron chi connectivity index (χ0n) is 44.4. The molecule has 0 aliphatic heterocycles. The molecule has 0 aliphatic carbocycles. The summed E-state index contributed by atoms with van der Waals surface area (Å²) in [4.78, 5) is 29.2. The number of anilines is 3. The van der Waals surface area contributed by atoms with Crippen LogP contribution < -0.4 is 15.2 Å². The van der Waals surface area contributed by atoms with Crippen molar-refractivity contribution in [3.63, 3.8) is 0 Å². The summed E-state index contributed by atoms with van der Waals surface area (Å²) in [5.41, 5.74) is 11.6. The van der Waals surface area contributed by atoms with E-state index < -0.39 is 61.9 Å². The van der Waals surface area contributed by atoms with Gasteiger partial charge >= 0.3 is 21.7 Å². The highest BCUT2D eigenvalue weighted by Gasteiger charge is 2.33. The lowest BCUT2D eigenvalue weighted by Gasteiger charge is -2.13. The number of pyridine rings is 2. The van der Waals surface area contributed by atoms with Crippen LogP contribution in [-0.4, -0.2) is 87.6 Å². The van der Waals surface area contributed by atoms with Gasteiger partial charge in [-0.15, -0.1) is 0 Å². The van der Waals surface area contributed by atoms with Gasteiger partial charge in [-0.1, -0.05) is 53.0 Å². The SMILES string of the molecule is Cc1cc(C)cc(N)c1.Cc1cc(C)cc(NS(=O)(=O)c2cnc[nH]2)c1.Cc1cc(C)cc(NS(=O)(=O)c2cncn2-c2ncc(C(F)(F)F)cc2Cl)c1.FC(F)(F)c1cnc(Cl)c(Cl)c1.O=S(=O)(Cl)c1cnc[nH]1.O=S(=O)(O)Cl.c1c[nH]cn1.